The van der Waals surface area contributed by atoms with Crippen molar-refractivity contribution in [3.63, 3.8) is 0 Å². The lowest BCUT2D eigenvalue weighted by Gasteiger charge is -2.26. The summed E-state index contributed by atoms with van der Waals surface area (Å²) < 4.78 is 24.7. The summed E-state index contributed by atoms with van der Waals surface area (Å²) in [5, 5.41) is 3.41. The molecule has 1 aliphatic carbocycles. The first-order chi connectivity index (χ1) is 11.4. The highest BCUT2D eigenvalue weighted by molar-refractivity contribution is 14.0. The fourth-order valence-corrected chi connectivity index (χ4v) is 5.00. The zero-order valence-electron chi connectivity index (χ0n) is 16.0. The molecule has 0 amide bonds. The third-order valence-electron chi connectivity index (χ3n) is 5.39. The lowest BCUT2D eigenvalue weighted by molar-refractivity contribution is 0.309. The number of aliphatic imine (C=N–C) groups is 1. The average molecular weight is 486 g/mol. The van der Waals surface area contributed by atoms with Crippen LogP contribution in [0.1, 0.15) is 52.4 Å². The Morgan fingerprint density at radius 2 is 1.92 bits per heavy atom. The molecule has 6 nitrogen and oxygen atoms in total. The fraction of sp³-hybridized carbons (Fsp3) is 0.941. The van der Waals surface area contributed by atoms with Crippen LogP contribution in [-0.4, -0.2) is 69.1 Å². The molecule has 1 saturated heterocycles. The van der Waals surface area contributed by atoms with Crippen molar-refractivity contribution in [3.8, 4) is 0 Å². The van der Waals surface area contributed by atoms with Crippen LogP contribution in [-0.2, 0) is 10.0 Å². The van der Waals surface area contributed by atoms with Crippen LogP contribution in [0.2, 0.25) is 0 Å². The molecule has 0 atom stereocenters. The van der Waals surface area contributed by atoms with Gasteiger partial charge in [0.25, 0.3) is 0 Å². The molecule has 0 aromatic rings. The topological polar surface area (TPSA) is 65.0 Å². The zero-order valence-corrected chi connectivity index (χ0v) is 19.1. The average Bonchev–Trinajstić information content (AvgIpc) is 3.15. The first-order valence-corrected chi connectivity index (χ1v) is 11.2. The van der Waals surface area contributed by atoms with E-state index in [1.54, 1.807) is 0 Å². The van der Waals surface area contributed by atoms with Gasteiger partial charge in [-0.2, -0.15) is 0 Å². The van der Waals surface area contributed by atoms with Crippen molar-refractivity contribution in [1.82, 2.24) is 14.5 Å². The molecule has 25 heavy (non-hydrogen) atoms. The van der Waals surface area contributed by atoms with Crippen LogP contribution in [0, 0.1) is 5.41 Å². The predicted octanol–water partition coefficient (Wildman–Crippen LogP) is 2.51. The van der Waals surface area contributed by atoms with E-state index in [1.807, 2.05) is 6.92 Å². The molecule has 2 aliphatic rings. The Morgan fingerprint density at radius 3 is 2.48 bits per heavy atom. The van der Waals surface area contributed by atoms with Crippen LogP contribution in [0.15, 0.2) is 4.99 Å². The van der Waals surface area contributed by atoms with Crippen molar-refractivity contribution >= 4 is 40.0 Å². The Bertz CT molecular complexity index is 533. The van der Waals surface area contributed by atoms with Crippen molar-refractivity contribution in [2.24, 2.45) is 10.4 Å². The molecule has 0 aromatic heterocycles. The highest BCUT2D eigenvalue weighted by Gasteiger charge is 2.41. The maximum atomic E-state index is 11.6. The van der Waals surface area contributed by atoms with Crippen molar-refractivity contribution in [1.29, 1.82) is 0 Å². The van der Waals surface area contributed by atoms with Crippen LogP contribution in [0.4, 0.5) is 0 Å². The summed E-state index contributed by atoms with van der Waals surface area (Å²) in [4.78, 5) is 7.15. The highest BCUT2D eigenvalue weighted by Crippen LogP contribution is 2.45. The van der Waals surface area contributed by atoms with Crippen molar-refractivity contribution in [2.75, 3.05) is 45.5 Å². The first-order valence-electron chi connectivity index (χ1n) is 9.38. The van der Waals surface area contributed by atoms with Gasteiger partial charge in [-0.1, -0.05) is 19.8 Å². The van der Waals surface area contributed by atoms with Gasteiger partial charge in [-0.15, -0.1) is 24.0 Å². The van der Waals surface area contributed by atoms with Crippen LogP contribution in [0.3, 0.4) is 0 Å². The van der Waals surface area contributed by atoms with E-state index in [-0.39, 0.29) is 24.0 Å². The molecule has 1 saturated carbocycles. The number of rotatable bonds is 7. The van der Waals surface area contributed by atoms with Gasteiger partial charge in [-0.3, -0.25) is 4.99 Å². The maximum Gasteiger partial charge on any atom is 0.211 e. The Kier molecular flexibility index (Phi) is 9.45. The molecule has 1 heterocycles. The van der Waals surface area contributed by atoms with E-state index in [0.29, 0.717) is 25.0 Å². The normalized spacial score (nSPS) is 20.3. The molecule has 0 unspecified atom stereocenters. The van der Waals surface area contributed by atoms with Gasteiger partial charge in [0, 0.05) is 39.3 Å². The molecule has 1 aliphatic heterocycles. The van der Waals surface area contributed by atoms with Crippen molar-refractivity contribution in [2.45, 2.75) is 52.4 Å². The van der Waals surface area contributed by atoms with E-state index in [4.69, 9.17) is 4.99 Å². The number of halogens is 1. The number of hydrogen-bond donors (Lipinski definition) is 1. The summed E-state index contributed by atoms with van der Waals surface area (Å²) >= 11 is 0. The number of hydrogen-bond acceptors (Lipinski definition) is 3. The molecule has 0 bridgehead atoms. The number of nitrogens with one attached hydrogen (secondary N) is 1. The summed E-state index contributed by atoms with van der Waals surface area (Å²) in [6, 6.07) is 0. The highest BCUT2D eigenvalue weighted by atomic mass is 127. The summed E-state index contributed by atoms with van der Waals surface area (Å²) in [6.07, 6.45) is 8.80. The Hall–Kier alpha value is -0.0900. The van der Waals surface area contributed by atoms with E-state index < -0.39 is 10.0 Å². The predicted molar refractivity (Wildman–Crippen MR) is 115 cm³/mol. The summed E-state index contributed by atoms with van der Waals surface area (Å²) in [6.45, 7) is 8.79. The minimum absolute atomic E-state index is 0. The van der Waals surface area contributed by atoms with E-state index in [2.05, 4.69) is 17.1 Å². The maximum absolute atomic E-state index is 11.6. The summed E-state index contributed by atoms with van der Waals surface area (Å²) in [5.74, 6) is 1.00. The van der Waals surface area contributed by atoms with Crippen molar-refractivity contribution in [3.05, 3.63) is 0 Å². The largest absolute Gasteiger partial charge is 0.357 e. The molecule has 8 heteroatoms. The van der Waals surface area contributed by atoms with Crippen molar-refractivity contribution < 1.29 is 8.42 Å². The van der Waals surface area contributed by atoms with Gasteiger partial charge in [0.15, 0.2) is 5.96 Å². The molecule has 2 fully saturated rings. The van der Waals surface area contributed by atoms with Crippen LogP contribution in [0.5, 0.6) is 0 Å². The molecular formula is C17H35IN4O2S. The quantitative estimate of drug-likeness (QED) is 0.260. The second-order valence-corrected chi connectivity index (χ2v) is 9.20. The van der Waals surface area contributed by atoms with Gasteiger partial charge in [0.05, 0.1) is 6.26 Å². The fourth-order valence-electron chi connectivity index (χ4n) is 4.07. The smallest absolute Gasteiger partial charge is 0.211 e. The standard InChI is InChI=1S/C17H34N4O2S.HI/c1-4-18-16(19-12-8-13-21(5-2)24(3,22)23)20-14-11-17(15-20)9-6-7-10-17;/h4-15H2,1-3H3,(H,18,19);1H. The lowest BCUT2D eigenvalue weighted by Crippen LogP contribution is -2.41. The molecule has 1 spiro atoms. The van der Waals surface area contributed by atoms with Gasteiger partial charge < -0.3 is 10.2 Å². The minimum atomic E-state index is -3.10. The number of likely N-dealkylation sites (tertiary alicyclic amines) is 1. The minimum Gasteiger partial charge on any atom is -0.357 e. The van der Waals surface area contributed by atoms with Crippen LogP contribution in [0.25, 0.3) is 0 Å². The summed E-state index contributed by atoms with van der Waals surface area (Å²) in [7, 11) is -3.10. The van der Waals surface area contributed by atoms with Gasteiger partial charge in [-0.25, -0.2) is 12.7 Å². The second-order valence-electron chi connectivity index (χ2n) is 7.22. The van der Waals surface area contributed by atoms with Gasteiger partial charge >= 0.3 is 0 Å². The van der Waals surface area contributed by atoms with Gasteiger partial charge in [0.1, 0.15) is 0 Å². The molecule has 0 radical (unpaired) electrons. The van der Waals surface area contributed by atoms with E-state index in [9.17, 15) is 8.42 Å². The Balaban J connectivity index is 0.00000312. The first kappa shape index (κ1) is 23.0. The number of sulfonamides is 1. The number of guanidine groups is 1. The zero-order chi connectivity index (χ0) is 17.6. The molecule has 148 valence electrons. The molecular weight excluding hydrogens is 451 g/mol. The SMILES string of the molecule is CCNC(=NCCCN(CC)S(C)(=O)=O)N1CCC2(CCCC2)C1.I. The molecule has 1 N–H and O–H groups in total. The molecule has 0 aromatic carbocycles. The third-order valence-corrected chi connectivity index (χ3v) is 6.76. The van der Waals surface area contributed by atoms with Crippen LogP contribution < -0.4 is 5.32 Å². The van der Waals surface area contributed by atoms with E-state index >= 15 is 0 Å². The Labute approximate surface area is 170 Å². The Morgan fingerprint density at radius 1 is 1.24 bits per heavy atom. The number of nitrogens with zero attached hydrogens (tertiary/aromatic N) is 3. The lowest BCUT2D eigenvalue weighted by atomic mass is 9.86. The third kappa shape index (κ3) is 6.53. The van der Waals surface area contributed by atoms with Gasteiger partial charge in [-0.05, 0) is 38.0 Å². The summed E-state index contributed by atoms with van der Waals surface area (Å²) in [5.41, 5.74) is 0.533. The second kappa shape index (κ2) is 10.3. The van der Waals surface area contributed by atoms with E-state index in [0.717, 1.165) is 32.0 Å². The van der Waals surface area contributed by atoms with E-state index in [1.165, 1.54) is 42.7 Å². The van der Waals surface area contributed by atoms with Gasteiger partial charge in [0.2, 0.25) is 10.0 Å². The van der Waals surface area contributed by atoms with Crippen LogP contribution >= 0.6 is 24.0 Å². The monoisotopic (exact) mass is 486 g/mol. The molecule has 2 rings (SSSR count).